The topological polar surface area (TPSA) is 12.0 Å². The van der Waals surface area contributed by atoms with Crippen molar-refractivity contribution in [2.45, 2.75) is 33.7 Å². The first kappa shape index (κ1) is 11.6. The van der Waals surface area contributed by atoms with Crippen molar-refractivity contribution >= 4 is 21.4 Å². The smallest absolute Gasteiger partial charge is 0.0378 e. The van der Waals surface area contributed by atoms with Crippen molar-refractivity contribution in [3.05, 3.63) is 33.7 Å². The number of aryl methyl sites for hydroxylation is 3. The molecule has 2 rings (SSSR count). The summed E-state index contributed by atoms with van der Waals surface area (Å²) in [6.07, 6.45) is 1.12. The molecule has 1 nitrogen and oxygen atoms in total. The molecule has 2 aromatic rings. The van der Waals surface area contributed by atoms with Crippen molar-refractivity contribution < 1.29 is 0 Å². The Hall–Kier alpha value is -0.860. The Bertz CT molecular complexity index is 511. The molecule has 0 saturated heterocycles. The summed E-state index contributed by atoms with van der Waals surface area (Å²) in [5.41, 5.74) is 4.31. The van der Waals surface area contributed by atoms with Gasteiger partial charge in [-0.15, -0.1) is 11.3 Å². The molecule has 0 spiro atoms. The Kier molecular flexibility index (Phi) is 3.31. The third-order valence-electron chi connectivity index (χ3n) is 3.00. The summed E-state index contributed by atoms with van der Waals surface area (Å²) < 4.78 is 1.47. The molecule has 1 heterocycles. The van der Waals surface area contributed by atoms with Gasteiger partial charge in [0.1, 0.15) is 0 Å². The highest BCUT2D eigenvalue weighted by atomic mass is 32.1. The van der Waals surface area contributed by atoms with Crippen LogP contribution in [0.4, 0.5) is 0 Å². The Balaban J connectivity index is 2.71. The lowest BCUT2D eigenvalue weighted by atomic mass is 10.0. The third-order valence-corrected chi connectivity index (χ3v) is 4.38. The molecule has 0 amide bonds. The largest absolute Gasteiger partial charge is 0.315 e. The van der Waals surface area contributed by atoms with E-state index in [1.807, 2.05) is 18.4 Å². The van der Waals surface area contributed by atoms with Crippen LogP contribution in [-0.2, 0) is 13.0 Å². The first-order valence-electron chi connectivity index (χ1n) is 5.83. The molecule has 1 N–H and O–H groups in total. The van der Waals surface area contributed by atoms with Gasteiger partial charge in [-0.2, -0.15) is 0 Å². The minimum absolute atomic E-state index is 0.987. The van der Waals surface area contributed by atoms with Gasteiger partial charge >= 0.3 is 0 Å². The SMILES string of the molecule is CCc1c(CNC)sc2c(C)cc(C)cc12. The molecule has 0 radical (unpaired) electrons. The molecule has 1 aromatic heterocycles. The second kappa shape index (κ2) is 4.56. The quantitative estimate of drug-likeness (QED) is 0.850. The minimum atomic E-state index is 0.987. The zero-order chi connectivity index (χ0) is 11.7. The summed E-state index contributed by atoms with van der Waals surface area (Å²) in [7, 11) is 2.02. The fraction of sp³-hybridized carbons (Fsp3) is 0.429. The molecule has 0 aliphatic heterocycles. The van der Waals surface area contributed by atoms with Crippen LogP contribution in [0.1, 0.15) is 28.5 Å². The molecular formula is C14H19NS. The van der Waals surface area contributed by atoms with Crippen LogP contribution in [0.15, 0.2) is 12.1 Å². The molecule has 2 heteroatoms. The molecule has 0 atom stereocenters. The Morgan fingerprint density at radius 1 is 1.25 bits per heavy atom. The van der Waals surface area contributed by atoms with E-state index in [0.717, 1.165) is 13.0 Å². The van der Waals surface area contributed by atoms with Crippen molar-refractivity contribution in [2.75, 3.05) is 7.05 Å². The van der Waals surface area contributed by atoms with Crippen LogP contribution in [0.25, 0.3) is 10.1 Å². The molecular weight excluding hydrogens is 214 g/mol. The van der Waals surface area contributed by atoms with E-state index < -0.39 is 0 Å². The lowest BCUT2D eigenvalue weighted by molar-refractivity contribution is 0.822. The van der Waals surface area contributed by atoms with Crippen LogP contribution >= 0.6 is 11.3 Å². The zero-order valence-electron chi connectivity index (χ0n) is 10.5. The van der Waals surface area contributed by atoms with Crippen LogP contribution in [0.2, 0.25) is 0 Å². The minimum Gasteiger partial charge on any atom is -0.315 e. The Morgan fingerprint density at radius 3 is 2.62 bits per heavy atom. The summed E-state index contributed by atoms with van der Waals surface area (Å²) in [6, 6.07) is 4.61. The second-order valence-electron chi connectivity index (χ2n) is 4.35. The Morgan fingerprint density at radius 2 is 2.00 bits per heavy atom. The summed E-state index contributed by atoms with van der Waals surface area (Å²) >= 11 is 1.95. The second-order valence-corrected chi connectivity index (χ2v) is 5.45. The van der Waals surface area contributed by atoms with Crippen LogP contribution in [0, 0.1) is 13.8 Å². The number of hydrogen-bond donors (Lipinski definition) is 1. The van der Waals surface area contributed by atoms with E-state index in [2.05, 4.69) is 38.2 Å². The predicted molar refractivity (Wildman–Crippen MR) is 73.4 cm³/mol. The number of fused-ring (bicyclic) bond motifs is 1. The van der Waals surface area contributed by atoms with Crippen LogP contribution in [-0.4, -0.2) is 7.05 Å². The zero-order valence-corrected chi connectivity index (χ0v) is 11.3. The fourth-order valence-corrected chi connectivity index (χ4v) is 3.69. The van der Waals surface area contributed by atoms with Gasteiger partial charge in [-0.3, -0.25) is 0 Å². The normalized spacial score (nSPS) is 11.2. The molecule has 0 fully saturated rings. The maximum atomic E-state index is 3.26. The van der Waals surface area contributed by atoms with Crippen molar-refractivity contribution in [3.8, 4) is 0 Å². The van der Waals surface area contributed by atoms with Gasteiger partial charge in [-0.1, -0.05) is 24.6 Å². The van der Waals surface area contributed by atoms with Crippen LogP contribution in [0.5, 0.6) is 0 Å². The van der Waals surface area contributed by atoms with Crippen molar-refractivity contribution in [3.63, 3.8) is 0 Å². The van der Waals surface area contributed by atoms with Gasteiger partial charge in [0, 0.05) is 16.1 Å². The molecule has 1 aromatic carbocycles. The van der Waals surface area contributed by atoms with Crippen LogP contribution < -0.4 is 5.32 Å². The van der Waals surface area contributed by atoms with Gasteiger partial charge in [0.05, 0.1) is 0 Å². The van der Waals surface area contributed by atoms with E-state index in [1.54, 1.807) is 0 Å². The number of rotatable bonds is 3. The standard InChI is InChI=1S/C14H19NS/c1-5-11-12-7-9(2)6-10(3)14(12)16-13(11)8-15-4/h6-7,15H,5,8H2,1-4H3. The lowest BCUT2D eigenvalue weighted by Gasteiger charge is -2.02. The maximum Gasteiger partial charge on any atom is 0.0378 e. The molecule has 86 valence electrons. The third kappa shape index (κ3) is 1.87. The van der Waals surface area contributed by atoms with E-state index in [1.165, 1.54) is 31.7 Å². The summed E-state index contributed by atoms with van der Waals surface area (Å²) in [5, 5.41) is 4.73. The average Bonchev–Trinajstić information content (AvgIpc) is 2.56. The Labute approximate surface area is 101 Å². The lowest BCUT2D eigenvalue weighted by Crippen LogP contribution is -2.04. The van der Waals surface area contributed by atoms with Gasteiger partial charge in [-0.05, 0) is 43.8 Å². The molecule has 0 saturated carbocycles. The summed E-state index contributed by atoms with van der Waals surface area (Å²) in [4.78, 5) is 1.49. The van der Waals surface area contributed by atoms with Crippen molar-refractivity contribution in [1.29, 1.82) is 0 Å². The molecule has 0 unspecified atom stereocenters. The molecule has 0 bridgehead atoms. The van der Waals surface area contributed by atoms with Crippen molar-refractivity contribution in [1.82, 2.24) is 5.32 Å². The van der Waals surface area contributed by atoms with E-state index >= 15 is 0 Å². The first-order valence-corrected chi connectivity index (χ1v) is 6.65. The van der Waals surface area contributed by atoms with Gasteiger partial charge in [-0.25, -0.2) is 0 Å². The highest BCUT2D eigenvalue weighted by Crippen LogP contribution is 2.34. The van der Waals surface area contributed by atoms with Gasteiger partial charge in [0.25, 0.3) is 0 Å². The van der Waals surface area contributed by atoms with Gasteiger partial charge in [0.2, 0.25) is 0 Å². The molecule has 0 aliphatic rings. The monoisotopic (exact) mass is 233 g/mol. The number of benzene rings is 1. The van der Waals surface area contributed by atoms with E-state index in [-0.39, 0.29) is 0 Å². The maximum absolute atomic E-state index is 3.26. The van der Waals surface area contributed by atoms with E-state index in [0.29, 0.717) is 0 Å². The fourth-order valence-electron chi connectivity index (χ4n) is 2.34. The number of nitrogens with one attached hydrogen (secondary N) is 1. The summed E-state index contributed by atoms with van der Waals surface area (Å²) in [5.74, 6) is 0. The van der Waals surface area contributed by atoms with E-state index in [9.17, 15) is 0 Å². The molecule has 0 aliphatic carbocycles. The van der Waals surface area contributed by atoms with Crippen LogP contribution in [0.3, 0.4) is 0 Å². The number of hydrogen-bond acceptors (Lipinski definition) is 2. The first-order chi connectivity index (χ1) is 7.67. The number of thiophene rings is 1. The van der Waals surface area contributed by atoms with Gasteiger partial charge < -0.3 is 5.32 Å². The van der Waals surface area contributed by atoms with E-state index in [4.69, 9.17) is 0 Å². The summed E-state index contributed by atoms with van der Waals surface area (Å²) in [6.45, 7) is 7.63. The average molecular weight is 233 g/mol. The highest BCUT2D eigenvalue weighted by Gasteiger charge is 2.11. The molecule has 16 heavy (non-hydrogen) atoms. The van der Waals surface area contributed by atoms with Crippen molar-refractivity contribution in [2.24, 2.45) is 0 Å². The highest BCUT2D eigenvalue weighted by molar-refractivity contribution is 7.19. The predicted octanol–water partition coefficient (Wildman–Crippen LogP) is 3.80. The van der Waals surface area contributed by atoms with Gasteiger partial charge in [0.15, 0.2) is 0 Å².